The number of hydrogen-bond acceptors (Lipinski definition) is 6. The fourth-order valence-electron chi connectivity index (χ4n) is 1.99. The largest absolute Gasteiger partial charge is 0.393 e. The predicted octanol–water partition coefficient (Wildman–Crippen LogP) is 2.56. The highest BCUT2D eigenvalue weighted by molar-refractivity contribution is 5.77. The predicted molar refractivity (Wildman–Crippen MR) is 85.9 cm³/mol. The molecule has 1 aromatic carbocycles. The topological polar surface area (TPSA) is 85.1 Å². The second-order valence-corrected chi connectivity index (χ2v) is 4.98. The minimum Gasteiger partial charge on any atom is -0.393 e. The third kappa shape index (κ3) is 4.06. The zero-order valence-electron chi connectivity index (χ0n) is 12.6. The number of benzene rings is 1. The molecule has 1 unspecified atom stereocenters. The van der Waals surface area contributed by atoms with Crippen LogP contribution in [0, 0.1) is 6.92 Å². The highest BCUT2D eigenvalue weighted by Gasteiger charge is 2.10. The maximum Gasteiger partial charge on any atom is 0.159 e. The molecule has 0 radical (unpaired) electrons. The molecule has 0 saturated carbocycles. The van der Waals surface area contributed by atoms with Gasteiger partial charge in [0.2, 0.25) is 0 Å². The van der Waals surface area contributed by atoms with Crippen molar-refractivity contribution < 1.29 is 4.74 Å². The number of nitrogens with zero attached hydrogens (tertiary/aromatic N) is 2. The summed E-state index contributed by atoms with van der Waals surface area (Å²) >= 11 is 0. The van der Waals surface area contributed by atoms with Gasteiger partial charge in [-0.05, 0) is 31.5 Å². The van der Waals surface area contributed by atoms with Gasteiger partial charge in [0.1, 0.15) is 12.0 Å². The van der Waals surface area contributed by atoms with Crippen LogP contribution in [0.3, 0.4) is 0 Å². The second-order valence-electron chi connectivity index (χ2n) is 4.98. The molecule has 1 heterocycles. The summed E-state index contributed by atoms with van der Waals surface area (Å²) < 4.78 is 5.09. The number of anilines is 4. The van der Waals surface area contributed by atoms with Gasteiger partial charge in [0.05, 0.1) is 6.61 Å². The van der Waals surface area contributed by atoms with E-state index in [1.54, 1.807) is 7.11 Å². The van der Waals surface area contributed by atoms with Crippen molar-refractivity contribution in [3.8, 4) is 0 Å². The van der Waals surface area contributed by atoms with E-state index in [0.717, 1.165) is 5.69 Å². The molecule has 0 saturated heterocycles. The maximum atomic E-state index is 6.12. The average Bonchev–Trinajstić information content (AvgIpc) is 2.44. The van der Waals surface area contributed by atoms with E-state index in [-0.39, 0.29) is 6.04 Å². The van der Waals surface area contributed by atoms with Gasteiger partial charge < -0.3 is 21.1 Å². The normalized spacial score (nSPS) is 12.0. The van der Waals surface area contributed by atoms with Gasteiger partial charge >= 0.3 is 0 Å². The zero-order valence-corrected chi connectivity index (χ0v) is 12.6. The first-order chi connectivity index (χ1) is 10.1. The number of hydrogen-bond donors (Lipinski definition) is 3. The van der Waals surface area contributed by atoms with Crippen LogP contribution >= 0.6 is 0 Å². The molecule has 112 valence electrons. The number of methoxy groups -OCH3 is 1. The molecule has 0 fully saturated rings. The Labute approximate surface area is 124 Å². The van der Waals surface area contributed by atoms with Gasteiger partial charge in [-0.25, -0.2) is 9.97 Å². The van der Waals surface area contributed by atoms with Crippen molar-refractivity contribution in [1.82, 2.24) is 9.97 Å². The number of nitrogen functional groups attached to an aromatic ring is 1. The van der Waals surface area contributed by atoms with Crippen LogP contribution in [-0.2, 0) is 4.74 Å². The number of nitrogens with one attached hydrogen (secondary N) is 2. The number of ether oxygens (including phenoxy) is 1. The lowest BCUT2D eigenvalue weighted by atomic mass is 10.2. The van der Waals surface area contributed by atoms with E-state index in [4.69, 9.17) is 10.5 Å². The van der Waals surface area contributed by atoms with Gasteiger partial charge in [0, 0.05) is 18.8 Å². The Bertz CT molecular complexity index is 602. The molecule has 6 nitrogen and oxygen atoms in total. The first-order valence-corrected chi connectivity index (χ1v) is 6.79. The van der Waals surface area contributed by atoms with E-state index in [9.17, 15) is 0 Å². The van der Waals surface area contributed by atoms with Crippen molar-refractivity contribution in [3.05, 3.63) is 36.2 Å². The summed E-state index contributed by atoms with van der Waals surface area (Å²) in [5.41, 5.74) is 8.72. The third-order valence-electron chi connectivity index (χ3n) is 2.96. The third-order valence-corrected chi connectivity index (χ3v) is 2.96. The van der Waals surface area contributed by atoms with Crippen LogP contribution in [-0.4, -0.2) is 29.7 Å². The minimum atomic E-state index is 0.110. The van der Waals surface area contributed by atoms with Crippen LogP contribution in [0.2, 0.25) is 0 Å². The van der Waals surface area contributed by atoms with Gasteiger partial charge in [-0.2, -0.15) is 0 Å². The van der Waals surface area contributed by atoms with Crippen LogP contribution in [0.25, 0.3) is 0 Å². The van der Waals surface area contributed by atoms with Gasteiger partial charge in [-0.15, -0.1) is 0 Å². The molecule has 4 N–H and O–H groups in total. The summed E-state index contributed by atoms with van der Waals surface area (Å²) in [6.07, 6.45) is 1.48. The van der Waals surface area contributed by atoms with Crippen molar-refractivity contribution in [2.75, 3.05) is 30.1 Å². The first kappa shape index (κ1) is 15.1. The van der Waals surface area contributed by atoms with Crippen LogP contribution < -0.4 is 16.4 Å². The SMILES string of the molecule is COCC(C)Nc1ncnc(Nc2cccc(C)c2)c1N. The van der Waals surface area contributed by atoms with Crippen LogP contribution in [0.5, 0.6) is 0 Å². The molecule has 2 rings (SSSR count). The Hall–Kier alpha value is -2.34. The van der Waals surface area contributed by atoms with E-state index >= 15 is 0 Å². The number of aromatic nitrogens is 2. The Balaban J connectivity index is 2.17. The number of nitrogens with two attached hydrogens (primary N) is 1. The van der Waals surface area contributed by atoms with E-state index < -0.39 is 0 Å². The Morgan fingerprint density at radius 3 is 2.76 bits per heavy atom. The van der Waals surface area contributed by atoms with Crippen LogP contribution in [0.1, 0.15) is 12.5 Å². The molecule has 1 atom stereocenters. The van der Waals surface area contributed by atoms with Crippen molar-refractivity contribution in [2.45, 2.75) is 19.9 Å². The van der Waals surface area contributed by atoms with Gasteiger partial charge in [0.25, 0.3) is 0 Å². The molecule has 0 amide bonds. The van der Waals surface area contributed by atoms with Crippen molar-refractivity contribution in [1.29, 1.82) is 0 Å². The summed E-state index contributed by atoms with van der Waals surface area (Å²) in [7, 11) is 1.66. The van der Waals surface area contributed by atoms with Crippen molar-refractivity contribution in [3.63, 3.8) is 0 Å². The smallest absolute Gasteiger partial charge is 0.159 e. The van der Waals surface area contributed by atoms with Crippen molar-refractivity contribution >= 4 is 23.0 Å². The van der Waals surface area contributed by atoms with E-state index in [0.29, 0.717) is 23.9 Å². The summed E-state index contributed by atoms with van der Waals surface area (Å²) in [5, 5.41) is 6.42. The summed E-state index contributed by atoms with van der Waals surface area (Å²) in [4.78, 5) is 8.38. The van der Waals surface area contributed by atoms with Gasteiger partial charge in [0.15, 0.2) is 11.6 Å². The molecule has 2 aromatic rings. The number of aryl methyl sites for hydroxylation is 1. The second kappa shape index (κ2) is 6.90. The standard InChI is InChI=1S/C15H21N5O/c1-10-5-4-6-12(7-10)20-15-13(16)14(17-9-18-15)19-11(2)8-21-3/h4-7,9,11H,8,16H2,1-3H3,(H2,17,18,19,20). The summed E-state index contributed by atoms with van der Waals surface area (Å²) in [6.45, 7) is 4.61. The Morgan fingerprint density at radius 2 is 2.05 bits per heavy atom. The summed E-state index contributed by atoms with van der Waals surface area (Å²) in [5.74, 6) is 1.19. The molecular weight excluding hydrogens is 266 g/mol. The fraction of sp³-hybridized carbons (Fsp3) is 0.333. The molecule has 1 aromatic heterocycles. The van der Waals surface area contributed by atoms with Gasteiger partial charge in [-0.3, -0.25) is 0 Å². The lowest BCUT2D eigenvalue weighted by Gasteiger charge is -2.16. The molecule has 6 heteroatoms. The molecule has 0 aliphatic rings. The molecule has 0 bridgehead atoms. The zero-order chi connectivity index (χ0) is 15.2. The monoisotopic (exact) mass is 287 g/mol. The molecular formula is C15H21N5O. The van der Waals surface area contributed by atoms with E-state index in [2.05, 4.69) is 20.6 Å². The molecule has 21 heavy (non-hydrogen) atoms. The lowest BCUT2D eigenvalue weighted by Crippen LogP contribution is -2.22. The highest BCUT2D eigenvalue weighted by atomic mass is 16.5. The van der Waals surface area contributed by atoms with E-state index in [1.165, 1.54) is 11.9 Å². The minimum absolute atomic E-state index is 0.110. The highest BCUT2D eigenvalue weighted by Crippen LogP contribution is 2.26. The lowest BCUT2D eigenvalue weighted by molar-refractivity contribution is 0.190. The molecule has 0 spiro atoms. The van der Waals surface area contributed by atoms with Gasteiger partial charge in [-0.1, -0.05) is 12.1 Å². The summed E-state index contributed by atoms with van der Waals surface area (Å²) in [6, 6.07) is 8.12. The first-order valence-electron chi connectivity index (χ1n) is 6.79. The number of rotatable bonds is 6. The Kier molecular flexibility index (Phi) is 4.94. The average molecular weight is 287 g/mol. The van der Waals surface area contributed by atoms with Crippen LogP contribution in [0.4, 0.5) is 23.0 Å². The molecule has 0 aliphatic heterocycles. The maximum absolute atomic E-state index is 6.12. The fourth-order valence-corrected chi connectivity index (χ4v) is 1.99. The Morgan fingerprint density at radius 1 is 1.29 bits per heavy atom. The van der Waals surface area contributed by atoms with E-state index in [1.807, 2.05) is 38.1 Å². The molecule has 0 aliphatic carbocycles. The van der Waals surface area contributed by atoms with Crippen molar-refractivity contribution in [2.24, 2.45) is 0 Å². The van der Waals surface area contributed by atoms with Crippen LogP contribution in [0.15, 0.2) is 30.6 Å². The quantitative estimate of drug-likeness (QED) is 0.757.